The first-order valence-electron chi connectivity index (χ1n) is 6.00. The Balaban J connectivity index is 2.88. The molecule has 3 N–H and O–H groups in total. The summed E-state index contributed by atoms with van der Waals surface area (Å²) in [5.74, 6) is 1.15. The smallest absolute Gasteiger partial charge is 0.171 e. The lowest BCUT2D eigenvalue weighted by Gasteiger charge is -2.27. The zero-order chi connectivity index (χ0) is 14.4. The Morgan fingerprint density at radius 1 is 1.58 bits per heavy atom. The molecular weight excluding hydrogens is 282 g/mol. The third-order valence-corrected chi connectivity index (χ3v) is 4.10. The zero-order valence-corrected chi connectivity index (χ0v) is 13.0. The van der Waals surface area contributed by atoms with E-state index in [2.05, 4.69) is 23.2 Å². The number of thioether (sulfide) groups is 1. The molecule has 4 nitrogen and oxygen atoms in total. The van der Waals surface area contributed by atoms with Crippen LogP contribution in [0.3, 0.4) is 0 Å². The van der Waals surface area contributed by atoms with E-state index in [-0.39, 0.29) is 5.84 Å². The number of hydrogen-bond donors (Lipinski definition) is 2. The van der Waals surface area contributed by atoms with Crippen LogP contribution in [-0.2, 0) is 0 Å². The van der Waals surface area contributed by atoms with E-state index >= 15 is 0 Å². The van der Waals surface area contributed by atoms with Gasteiger partial charge in [0.15, 0.2) is 5.84 Å². The summed E-state index contributed by atoms with van der Waals surface area (Å²) in [7, 11) is 2.04. The molecule has 0 aliphatic heterocycles. The third kappa shape index (κ3) is 4.21. The van der Waals surface area contributed by atoms with Crippen molar-refractivity contribution in [3.63, 3.8) is 0 Å². The van der Waals surface area contributed by atoms with E-state index in [0.717, 1.165) is 17.9 Å². The van der Waals surface area contributed by atoms with Crippen molar-refractivity contribution in [2.75, 3.05) is 24.0 Å². The van der Waals surface area contributed by atoms with Gasteiger partial charge in [-0.1, -0.05) is 16.8 Å². The number of amidine groups is 1. The highest BCUT2D eigenvalue weighted by Gasteiger charge is 2.12. The van der Waals surface area contributed by atoms with E-state index in [9.17, 15) is 0 Å². The fourth-order valence-electron chi connectivity index (χ4n) is 1.72. The summed E-state index contributed by atoms with van der Waals surface area (Å²) in [5, 5.41) is 12.1. The van der Waals surface area contributed by atoms with Crippen LogP contribution in [-0.4, -0.2) is 36.1 Å². The van der Waals surface area contributed by atoms with Gasteiger partial charge in [-0.05, 0) is 43.6 Å². The maximum atomic E-state index is 8.67. The third-order valence-electron chi connectivity index (χ3n) is 3.14. The van der Waals surface area contributed by atoms with E-state index < -0.39 is 0 Å². The Hall–Kier alpha value is -1.07. The SMILES string of the molecule is CSCCC(C)N(C)c1ccc(/C(N)=N/O)c(Cl)c1. The van der Waals surface area contributed by atoms with Gasteiger partial charge in [0.1, 0.15) is 0 Å². The van der Waals surface area contributed by atoms with E-state index in [4.69, 9.17) is 22.5 Å². The van der Waals surface area contributed by atoms with Crippen molar-refractivity contribution in [1.29, 1.82) is 0 Å². The van der Waals surface area contributed by atoms with Gasteiger partial charge in [0.2, 0.25) is 0 Å². The average Bonchev–Trinajstić information content (AvgIpc) is 2.42. The molecule has 0 bridgehead atoms. The molecular formula is C13H20ClN3OS. The highest BCUT2D eigenvalue weighted by atomic mass is 35.5. The minimum atomic E-state index is 0.0228. The van der Waals surface area contributed by atoms with Crippen molar-refractivity contribution in [3.05, 3.63) is 28.8 Å². The van der Waals surface area contributed by atoms with E-state index in [1.807, 2.05) is 30.9 Å². The molecule has 0 saturated heterocycles. The van der Waals surface area contributed by atoms with E-state index in [1.165, 1.54) is 0 Å². The molecule has 0 radical (unpaired) electrons. The Kier molecular flexibility index (Phi) is 6.31. The highest BCUT2D eigenvalue weighted by Crippen LogP contribution is 2.25. The molecule has 1 aromatic rings. The molecule has 1 atom stereocenters. The minimum absolute atomic E-state index is 0.0228. The lowest BCUT2D eigenvalue weighted by molar-refractivity contribution is 0.318. The molecule has 6 heteroatoms. The second kappa shape index (κ2) is 7.50. The second-order valence-corrected chi connectivity index (χ2v) is 5.78. The van der Waals surface area contributed by atoms with Gasteiger partial charge in [0.25, 0.3) is 0 Å². The van der Waals surface area contributed by atoms with Crippen molar-refractivity contribution in [2.45, 2.75) is 19.4 Å². The normalized spacial score (nSPS) is 13.4. The summed E-state index contributed by atoms with van der Waals surface area (Å²) in [5.41, 5.74) is 7.11. The fraction of sp³-hybridized carbons (Fsp3) is 0.462. The van der Waals surface area contributed by atoms with Gasteiger partial charge in [-0.2, -0.15) is 11.8 Å². The predicted molar refractivity (Wildman–Crippen MR) is 84.8 cm³/mol. The number of halogens is 1. The second-order valence-electron chi connectivity index (χ2n) is 4.39. The maximum Gasteiger partial charge on any atom is 0.171 e. The first-order chi connectivity index (χ1) is 9.01. The largest absolute Gasteiger partial charge is 0.409 e. The number of rotatable bonds is 6. The Morgan fingerprint density at radius 3 is 2.79 bits per heavy atom. The molecule has 0 aliphatic carbocycles. The molecule has 106 valence electrons. The van der Waals surface area contributed by atoms with Crippen molar-refractivity contribution in [2.24, 2.45) is 10.9 Å². The summed E-state index contributed by atoms with van der Waals surface area (Å²) in [4.78, 5) is 2.18. The Morgan fingerprint density at radius 2 is 2.26 bits per heavy atom. The van der Waals surface area contributed by atoms with Crippen LogP contribution >= 0.6 is 23.4 Å². The standard InChI is InChI=1S/C13H20ClN3OS/c1-9(6-7-19-3)17(2)10-4-5-11(12(14)8-10)13(15)16-18/h4-5,8-9,18H,6-7H2,1-3H3,(H2,15,16). The van der Waals surface area contributed by atoms with Crippen LogP contribution in [0.25, 0.3) is 0 Å². The van der Waals surface area contributed by atoms with Crippen molar-refractivity contribution >= 4 is 34.9 Å². The van der Waals surface area contributed by atoms with Gasteiger partial charge >= 0.3 is 0 Å². The van der Waals surface area contributed by atoms with Crippen LogP contribution in [0.4, 0.5) is 5.69 Å². The zero-order valence-electron chi connectivity index (χ0n) is 11.4. The topological polar surface area (TPSA) is 61.8 Å². The van der Waals surface area contributed by atoms with Gasteiger partial charge in [-0.3, -0.25) is 0 Å². The molecule has 19 heavy (non-hydrogen) atoms. The minimum Gasteiger partial charge on any atom is -0.409 e. The number of oxime groups is 1. The molecule has 1 rings (SSSR count). The van der Waals surface area contributed by atoms with Gasteiger partial charge in [0, 0.05) is 24.3 Å². The molecule has 0 fully saturated rings. The molecule has 0 aromatic heterocycles. The summed E-state index contributed by atoms with van der Waals surface area (Å²) < 4.78 is 0. The van der Waals surface area contributed by atoms with Crippen LogP contribution in [0.5, 0.6) is 0 Å². The Bertz CT molecular complexity index is 454. The number of nitrogens with two attached hydrogens (primary N) is 1. The van der Waals surface area contributed by atoms with Crippen molar-refractivity contribution < 1.29 is 5.21 Å². The lowest BCUT2D eigenvalue weighted by Crippen LogP contribution is -2.29. The number of nitrogens with zero attached hydrogens (tertiary/aromatic N) is 2. The van der Waals surface area contributed by atoms with Crippen LogP contribution in [0.15, 0.2) is 23.4 Å². The maximum absolute atomic E-state index is 8.67. The van der Waals surface area contributed by atoms with Gasteiger partial charge in [0.05, 0.1) is 5.02 Å². The van der Waals surface area contributed by atoms with E-state index in [0.29, 0.717) is 16.6 Å². The Labute approximate surface area is 123 Å². The lowest BCUT2D eigenvalue weighted by atomic mass is 10.1. The van der Waals surface area contributed by atoms with Crippen molar-refractivity contribution in [3.8, 4) is 0 Å². The van der Waals surface area contributed by atoms with Gasteiger partial charge in [-0.25, -0.2) is 0 Å². The molecule has 0 amide bonds. The predicted octanol–water partition coefficient (Wildman–Crippen LogP) is 3.01. The van der Waals surface area contributed by atoms with Crippen LogP contribution < -0.4 is 10.6 Å². The quantitative estimate of drug-likeness (QED) is 0.367. The molecule has 1 aromatic carbocycles. The summed E-state index contributed by atoms with van der Waals surface area (Å²) >= 11 is 8.00. The number of benzene rings is 1. The van der Waals surface area contributed by atoms with E-state index in [1.54, 1.807) is 6.07 Å². The first-order valence-corrected chi connectivity index (χ1v) is 7.77. The molecule has 0 aliphatic rings. The van der Waals surface area contributed by atoms with Gasteiger partial charge in [-0.15, -0.1) is 0 Å². The highest BCUT2D eigenvalue weighted by molar-refractivity contribution is 7.98. The molecule has 0 saturated carbocycles. The fourth-order valence-corrected chi connectivity index (χ4v) is 2.57. The van der Waals surface area contributed by atoms with Crippen LogP contribution in [0.1, 0.15) is 18.9 Å². The summed E-state index contributed by atoms with van der Waals surface area (Å²) in [6.45, 7) is 2.18. The first kappa shape index (κ1) is 16.0. The van der Waals surface area contributed by atoms with Gasteiger partial charge < -0.3 is 15.8 Å². The molecule has 0 heterocycles. The van der Waals surface area contributed by atoms with Crippen LogP contribution in [0, 0.1) is 0 Å². The molecule has 1 unspecified atom stereocenters. The molecule has 0 spiro atoms. The van der Waals surface area contributed by atoms with Crippen molar-refractivity contribution in [1.82, 2.24) is 0 Å². The van der Waals surface area contributed by atoms with Crippen LogP contribution in [0.2, 0.25) is 5.02 Å². The average molecular weight is 302 g/mol. The number of hydrogen-bond acceptors (Lipinski definition) is 4. The monoisotopic (exact) mass is 301 g/mol. The number of anilines is 1. The summed E-state index contributed by atoms with van der Waals surface area (Å²) in [6, 6.07) is 5.96. The summed E-state index contributed by atoms with van der Waals surface area (Å²) in [6.07, 6.45) is 3.21.